The predicted octanol–water partition coefficient (Wildman–Crippen LogP) is 3.16. The van der Waals surface area contributed by atoms with E-state index in [0.29, 0.717) is 12.1 Å². The van der Waals surface area contributed by atoms with E-state index in [0.717, 1.165) is 17.5 Å². The molecule has 1 atom stereocenters. The highest BCUT2D eigenvalue weighted by molar-refractivity contribution is 7.93. The first kappa shape index (κ1) is 20.8. The summed E-state index contributed by atoms with van der Waals surface area (Å²) in [6.07, 6.45) is -2.97. The van der Waals surface area contributed by atoms with E-state index in [2.05, 4.69) is 5.10 Å². The molecule has 2 rings (SSSR count). The van der Waals surface area contributed by atoms with Crippen molar-refractivity contribution in [1.29, 1.82) is 0 Å². The molecule has 12 heteroatoms. The summed E-state index contributed by atoms with van der Waals surface area (Å²) in [5, 5.41) is 4.00. The zero-order valence-electron chi connectivity index (χ0n) is 13.5. The van der Waals surface area contributed by atoms with Crippen molar-refractivity contribution in [2.24, 2.45) is 5.10 Å². The summed E-state index contributed by atoms with van der Waals surface area (Å²) >= 11 is 11.8. The minimum absolute atomic E-state index is 0.0638. The van der Waals surface area contributed by atoms with Crippen molar-refractivity contribution in [2.75, 3.05) is 24.4 Å². The first-order valence-corrected chi connectivity index (χ1v) is 9.74. The SMILES string of the molecule is CCOC(=O)C1(S(C)(=O)=O)C=NN(c2c(Cl)cc(C(F)(F)F)cc2Cl)C1. The molecule has 0 radical (unpaired) electrons. The molecule has 1 unspecified atom stereocenters. The summed E-state index contributed by atoms with van der Waals surface area (Å²) in [5.41, 5.74) is -1.22. The van der Waals surface area contributed by atoms with Crippen molar-refractivity contribution < 1.29 is 31.1 Å². The predicted molar refractivity (Wildman–Crippen MR) is 91.5 cm³/mol. The quantitative estimate of drug-likeness (QED) is 0.682. The summed E-state index contributed by atoms with van der Waals surface area (Å²) in [6.45, 7) is 0.905. The van der Waals surface area contributed by atoms with Crippen molar-refractivity contribution in [2.45, 2.75) is 17.8 Å². The van der Waals surface area contributed by atoms with Crippen LogP contribution in [0.2, 0.25) is 10.0 Å². The van der Waals surface area contributed by atoms with E-state index in [9.17, 15) is 26.4 Å². The summed E-state index contributed by atoms with van der Waals surface area (Å²) in [5.74, 6) is -1.05. The second-order valence-electron chi connectivity index (χ2n) is 5.47. The fourth-order valence-electron chi connectivity index (χ4n) is 2.31. The number of anilines is 1. The lowest BCUT2D eigenvalue weighted by atomic mass is 10.1. The van der Waals surface area contributed by atoms with Gasteiger partial charge in [-0.1, -0.05) is 23.2 Å². The molecule has 0 saturated carbocycles. The largest absolute Gasteiger partial charge is 0.464 e. The van der Waals surface area contributed by atoms with Crippen LogP contribution in [0.3, 0.4) is 0 Å². The van der Waals surface area contributed by atoms with Crippen molar-refractivity contribution in [3.05, 3.63) is 27.7 Å². The molecule has 0 bridgehead atoms. The van der Waals surface area contributed by atoms with E-state index in [-0.39, 0.29) is 12.3 Å². The number of benzene rings is 1. The van der Waals surface area contributed by atoms with Crippen LogP contribution in [0.1, 0.15) is 12.5 Å². The maximum atomic E-state index is 12.8. The van der Waals surface area contributed by atoms with Gasteiger partial charge in [0.05, 0.1) is 40.7 Å². The topological polar surface area (TPSA) is 76.0 Å². The number of carbonyl (C=O) groups excluding carboxylic acids is 1. The van der Waals surface area contributed by atoms with Crippen molar-refractivity contribution in [1.82, 2.24) is 0 Å². The lowest BCUT2D eigenvalue weighted by Gasteiger charge is -2.25. The third kappa shape index (κ3) is 3.63. The highest BCUT2D eigenvalue weighted by Gasteiger charge is 2.53. The van der Waals surface area contributed by atoms with E-state index < -0.39 is 48.9 Å². The van der Waals surface area contributed by atoms with Crippen LogP contribution < -0.4 is 5.01 Å². The number of hydrogen-bond donors (Lipinski definition) is 0. The van der Waals surface area contributed by atoms with E-state index in [1.807, 2.05) is 0 Å². The van der Waals surface area contributed by atoms with E-state index in [4.69, 9.17) is 27.9 Å². The number of halogens is 5. The van der Waals surface area contributed by atoms with Gasteiger partial charge in [0.25, 0.3) is 0 Å². The number of esters is 1. The van der Waals surface area contributed by atoms with Crippen LogP contribution in [0, 0.1) is 0 Å². The normalized spacial score (nSPS) is 20.5. The van der Waals surface area contributed by atoms with Crippen LogP contribution in [0.4, 0.5) is 18.9 Å². The number of ether oxygens (including phenoxy) is 1. The standard InChI is InChI=1S/C14H13Cl2F3N2O4S/c1-3-25-12(22)13(26(2,23)24)6-20-21(7-13)11-9(15)4-8(5-10(11)16)14(17,18)19/h4-6H,3,7H2,1-2H3. The van der Waals surface area contributed by atoms with Crippen LogP contribution in [-0.4, -0.2) is 44.8 Å². The minimum Gasteiger partial charge on any atom is -0.464 e. The summed E-state index contributed by atoms with van der Waals surface area (Å²) < 4.78 is 65.5. The average Bonchev–Trinajstić information content (AvgIpc) is 2.91. The number of sulfone groups is 1. The molecule has 1 heterocycles. The molecule has 0 N–H and O–H groups in total. The molecule has 1 aromatic carbocycles. The van der Waals surface area contributed by atoms with Gasteiger partial charge in [-0.2, -0.15) is 18.3 Å². The molecule has 6 nitrogen and oxygen atoms in total. The lowest BCUT2D eigenvalue weighted by molar-refractivity contribution is -0.143. The number of hydrazone groups is 1. The van der Waals surface area contributed by atoms with Crippen molar-refractivity contribution in [3.8, 4) is 0 Å². The van der Waals surface area contributed by atoms with Crippen LogP contribution in [0.15, 0.2) is 17.2 Å². The Hall–Kier alpha value is -1.52. The highest BCUT2D eigenvalue weighted by Crippen LogP contribution is 2.42. The number of hydrogen-bond acceptors (Lipinski definition) is 6. The monoisotopic (exact) mass is 432 g/mol. The minimum atomic E-state index is -4.67. The van der Waals surface area contributed by atoms with Crippen molar-refractivity contribution >= 4 is 50.9 Å². The Kier molecular flexibility index (Phi) is 5.51. The van der Waals surface area contributed by atoms with Crippen molar-refractivity contribution in [3.63, 3.8) is 0 Å². The van der Waals surface area contributed by atoms with Gasteiger partial charge < -0.3 is 4.74 Å². The Bertz CT molecular complexity index is 850. The number of alkyl halides is 3. The van der Waals surface area contributed by atoms with Gasteiger partial charge in [-0.15, -0.1) is 0 Å². The van der Waals surface area contributed by atoms with E-state index >= 15 is 0 Å². The number of carbonyl (C=O) groups is 1. The van der Waals surface area contributed by atoms with Crippen LogP contribution in [-0.2, 0) is 25.5 Å². The summed E-state index contributed by atoms with van der Waals surface area (Å²) in [4.78, 5) is 12.2. The molecule has 144 valence electrons. The zero-order valence-corrected chi connectivity index (χ0v) is 15.8. The lowest BCUT2D eigenvalue weighted by Crippen LogP contribution is -2.52. The van der Waals surface area contributed by atoms with Crippen LogP contribution in [0.5, 0.6) is 0 Å². The highest BCUT2D eigenvalue weighted by atomic mass is 35.5. The van der Waals surface area contributed by atoms with Gasteiger partial charge in [-0.25, -0.2) is 13.2 Å². The fraction of sp³-hybridized carbons (Fsp3) is 0.429. The molecule has 0 amide bonds. The van der Waals surface area contributed by atoms with Crippen LogP contribution >= 0.6 is 23.2 Å². The second kappa shape index (κ2) is 6.90. The van der Waals surface area contributed by atoms with Crippen LogP contribution in [0.25, 0.3) is 0 Å². The zero-order chi connectivity index (χ0) is 19.9. The fourth-order valence-corrected chi connectivity index (χ4v) is 3.95. The molecular formula is C14H13Cl2F3N2O4S. The Balaban J connectivity index is 2.48. The van der Waals surface area contributed by atoms with Gasteiger partial charge in [-0.3, -0.25) is 5.01 Å². The maximum absolute atomic E-state index is 12.8. The molecular weight excluding hydrogens is 420 g/mol. The third-order valence-electron chi connectivity index (χ3n) is 3.68. The third-order valence-corrected chi connectivity index (χ3v) is 5.98. The van der Waals surface area contributed by atoms with Gasteiger partial charge in [0.2, 0.25) is 4.75 Å². The molecule has 0 aliphatic carbocycles. The molecule has 0 spiro atoms. The Morgan fingerprint density at radius 2 is 1.88 bits per heavy atom. The molecule has 26 heavy (non-hydrogen) atoms. The van der Waals surface area contributed by atoms with Gasteiger partial charge in [0.15, 0.2) is 9.84 Å². The maximum Gasteiger partial charge on any atom is 0.416 e. The Morgan fingerprint density at radius 3 is 2.31 bits per heavy atom. The molecule has 0 saturated heterocycles. The van der Waals surface area contributed by atoms with Gasteiger partial charge in [0.1, 0.15) is 0 Å². The van der Waals surface area contributed by atoms with Gasteiger partial charge in [-0.05, 0) is 19.1 Å². The smallest absolute Gasteiger partial charge is 0.416 e. The molecule has 1 aliphatic rings. The second-order valence-corrected chi connectivity index (χ2v) is 8.56. The van der Waals surface area contributed by atoms with Gasteiger partial charge in [0, 0.05) is 6.26 Å². The van der Waals surface area contributed by atoms with E-state index in [1.165, 1.54) is 6.92 Å². The summed E-state index contributed by atoms with van der Waals surface area (Å²) in [6, 6.07) is 1.28. The number of nitrogens with zero attached hydrogens (tertiary/aromatic N) is 2. The first-order valence-electron chi connectivity index (χ1n) is 7.09. The Morgan fingerprint density at radius 1 is 1.35 bits per heavy atom. The van der Waals surface area contributed by atoms with Gasteiger partial charge >= 0.3 is 12.1 Å². The Labute approximate surface area is 157 Å². The summed E-state index contributed by atoms with van der Waals surface area (Å²) in [7, 11) is -4.02. The number of rotatable bonds is 4. The average molecular weight is 433 g/mol. The molecule has 1 aromatic rings. The molecule has 0 aromatic heterocycles. The molecule has 0 fully saturated rings. The molecule has 1 aliphatic heterocycles. The first-order chi connectivity index (χ1) is 11.8. The van der Waals surface area contributed by atoms with E-state index in [1.54, 1.807) is 0 Å².